The Kier molecular flexibility index (Phi) is 3.44. The van der Waals surface area contributed by atoms with Crippen molar-refractivity contribution >= 4 is 17.3 Å². The Labute approximate surface area is 117 Å². The van der Waals surface area contributed by atoms with Crippen LogP contribution in [-0.2, 0) is 9.53 Å². The Balaban J connectivity index is 1.94. The van der Waals surface area contributed by atoms with Crippen molar-refractivity contribution in [2.45, 2.75) is 25.9 Å². The van der Waals surface area contributed by atoms with Gasteiger partial charge in [0.15, 0.2) is 0 Å². The summed E-state index contributed by atoms with van der Waals surface area (Å²) in [5.41, 5.74) is 2.25. The fraction of sp³-hybridized carbons (Fsp3) is 0.467. The van der Waals surface area contributed by atoms with Gasteiger partial charge in [-0.15, -0.1) is 0 Å². The van der Waals surface area contributed by atoms with Crippen molar-refractivity contribution in [1.29, 1.82) is 0 Å². The second-order valence-corrected chi connectivity index (χ2v) is 5.36. The first-order valence-corrected chi connectivity index (χ1v) is 6.95. The molecule has 5 nitrogen and oxygen atoms in total. The van der Waals surface area contributed by atoms with E-state index in [-0.39, 0.29) is 17.9 Å². The van der Waals surface area contributed by atoms with Gasteiger partial charge in [-0.05, 0) is 18.4 Å². The maximum atomic E-state index is 12.7. The van der Waals surface area contributed by atoms with Crippen molar-refractivity contribution in [3.8, 4) is 0 Å². The summed E-state index contributed by atoms with van der Waals surface area (Å²) in [6, 6.07) is 7.53. The molecule has 1 aromatic carbocycles. The van der Waals surface area contributed by atoms with Gasteiger partial charge >= 0.3 is 0 Å². The molecule has 5 heteroatoms. The summed E-state index contributed by atoms with van der Waals surface area (Å²) >= 11 is 0. The maximum Gasteiger partial charge on any atom is 0.256 e. The number of carbonyl (C=O) groups excluding carboxylic acids is 1. The van der Waals surface area contributed by atoms with E-state index in [0.717, 1.165) is 17.7 Å². The number of carbonyl (C=O) groups is 1. The van der Waals surface area contributed by atoms with E-state index in [1.165, 1.54) is 0 Å². The summed E-state index contributed by atoms with van der Waals surface area (Å²) in [6.45, 7) is 3.23. The Bertz CT molecular complexity index is 556. The normalized spacial score (nSPS) is 27.6. The molecule has 2 heterocycles. The van der Waals surface area contributed by atoms with Gasteiger partial charge in [0.25, 0.3) is 5.91 Å². The highest BCUT2D eigenvalue weighted by atomic mass is 16.5. The van der Waals surface area contributed by atoms with E-state index in [1.807, 2.05) is 31.2 Å². The summed E-state index contributed by atoms with van der Waals surface area (Å²) in [7, 11) is 0. The summed E-state index contributed by atoms with van der Waals surface area (Å²) in [5, 5.41) is 12.4. The first-order chi connectivity index (χ1) is 9.72. The molecule has 1 N–H and O–H groups in total. The molecule has 0 bridgehead atoms. The smallest absolute Gasteiger partial charge is 0.256 e. The molecule has 2 atom stereocenters. The first kappa shape index (κ1) is 13.1. The van der Waals surface area contributed by atoms with Gasteiger partial charge in [0.05, 0.1) is 11.4 Å². The van der Waals surface area contributed by atoms with Crippen LogP contribution in [0.1, 0.15) is 25.3 Å². The van der Waals surface area contributed by atoms with Crippen LogP contribution in [-0.4, -0.2) is 36.1 Å². The Morgan fingerprint density at radius 3 is 2.95 bits per heavy atom. The third-order valence-corrected chi connectivity index (χ3v) is 4.10. The molecule has 2 aliphatic rings. The van der Waals surface area contributed by atoms with Gasteiger partial charge < -0.3 is 14.8 Å². The van der Waals surface area contributed by atoms with Crippen LogP contribution in [0, 0.1) is 5.92 Å². The van der Waals surface area contributed by atoms with Crippen LogP contribution in [0.15, 0.2) is 29.4 Å². The quantitative estimate of drug-likeness (QED) is 0.629. The average molecular weight is 274 g/mol. The second kappa shape index (κ2) is 5.25. The number of rotatable bonds is 1. The van der Waals surface area contributed by atoms with Crippen LogP contribution >= 0.6 is 0 Å². The Morgan fingerprint density at radius 1 is 1.45 bits per heavy atom. The lowest BCUT2D eigenvalue weighted by atomic mass is 9.97. The molecule has 1 amide bonds. The lowest BCUT2D eigenvalue weighted by Crippen LogP contribution is -2.45. The minimum absolute atomic E-state index is 0.0134. The number of benzene rings is 1. The summed E-state index contributed by atoms with van der Waals surface area (Å²) < 4.78 is 5.58. The number of hydrogen-bond acceptors (Lipinski definition) is 4. The molecule has 0 aliphatic carbocycles. The molecule has 0 aromatic heterocycles. The van der Waals surface area contributed by atoms with Gasteiger partial charge in [-0.1, -0.05) is 30.3 Å². The largest absolute Gasteiger partial charge is 0.411 e. The molecule has 2 aliphatic heterocycles. The first-order valence-electron chi connectivity index (χ1n) is 6.95. The van der Waals surface area contributed by atoms with E-state index in [0.29, 0.717) is 25.3 Å². The van der Waals surface area contributed by atoms with Gasteiger partial charge in [-0.2, -0.15) is 0 Å². The van der Waals surface area contributed by atoms with Crippen LogP contribution in [0.25, 0.3) is 0 Å². The zero-order valence-corrected chi connectivity index (χ0v) is 11.5. The van der Waals surface area contributed by atoms with Gasteiger partial charge in [-0.3, -0.25) is 4.79 Å². The third-order valence-electron chi connectivity index (χ3n) is 4.10. The SMILES string of the molecule is CC1CCOC1C(=O)N1CC/C(=N/O)c2ccccc21. The fourth-order valence-electron chi connectivity index (χ4n) is 2.92. The number of oxime groups is 1. The predicted octanol–water partition coefficient (Wildman–Crippen LogP) is 2.03. The van der Waals surface area contributed by atoms with Crippen molar-refractivity contribution < 1.29 is 14.7 Å². The van der Waals surface area contributed by atoms with Crippen molar-refractivity contribution in [2.75, 3.05) is 18.1 Å². The molecule has 1 saturated heterocycles. The van der Waals surface area contributed by atoms with Crippen LogP contribution in [0.2, 0.25) is 0 Å². The average Bonchev–Trinajstić information content (AvgIpc) is 2.91. The molecule has 1 fully saturated rings. The van der Waals surface area contributed by atoms with E-state index < -0.39 is 0 Å². The van der Waals surface area contributed by atoms with Gasteiger partial charge in [0.1, 0.15) is 6.10 Å². The number of para-hydroxylation sites is 1. The standard InChI is InChI=1S/C15H18N2O3/c1-10-7-9-20-14(10)15(18)17-8-6-12(16-19)11-4-2-3-5-13(11)17/h2-5,10,14,19H,6-9H2,1H3/b16-12-. The van der Waals surface area contributed by atoms with Crippen LogP contribution in [0.5, 0.6) is 0 Å². The van der Waals surface area contributed by atoms with Crippen molar-refractivity contribution in [3.63, 3.8) is 0 Å². The maximum absolute atomic E-state index is 12.7. The Morgan fingerprint density at radius 2 is 2.25 bits per heavy atom. The van der Waals surface area contributed by atoms with E-state index >= 15 is 0 Å². The minimum Gasteiger partial charge on any atom is -0.411 e. The molecule has 1 aromatic rings. The highest BCUT2D eigenvalue weighted by Crippen LogP contribution is 2.30. The second-order valence-electron chi connectivity index (χ2n) is 5.36. The van der Waals surface area contributed by atoms with Crippen LogP contribution < -0.4 is 4.90 Å². The molecule has 106 valence electrons. The molecule has 3 rings (SSSR count). The lowest BCUT2D eigenvalue weighted by Gasteiger charge is -2.32. The number of nitrogens with zero attached hydrogens (tertiary/aromatic N) is 2. The van der Waals surface area contributed by atoms with E-state index in [2.05, 4.69) is 5.16 Å². The summed E-state index contributed by atoms with van der Waals surface area (Å²) in [5.74, 6) is 0.266. The van der Waals surface area contributed by atoms with E-state index in [1.54, 1.807) is 4.90 Å². The van der Waals surface area contributed by atoms with Gasteiger partial charge in [0, 0.05) is 25.1 Å². The highest BCUT2D eigenvalue weighted by Gasteiger charge is 2.36. The van der Waals surface area contributed by atoms with Crippen molar-refractivity contribution in [3.05, 3.63) is 29.8 Å². The van der Waals surface area contributed by atoms with Gasteiger partial charge in [0.2, 0.25) is 0 Å². The molecular weight excluding hydrogens is 256 g/mol. The monoisotopic (exact) mass is 274 g/mol. The summed E-state index contributed by atoms with van der Waals surface area (Å²) in [6.07, 6.45) is 1.13. The predicted molar refractivity (Wildman–Crippen MR) is 75.3 cm³/mol. The van der Waals surface area contributed by atoms with E-state index in [9.17, 15) is 4.79 Å². The summed E-state index contributed by atoms with van der Waals surface area (Å²) in [4.78, 5) is 14.4. The lowest BCUT2D eigenvalue weighted by molar-refractivity contribution is -0.128. The fourth-order valence-corrected chi connectivity index (χ4v) is 2.92. The van der Waals surface area contributed by atoms with Crippen molar-refractivity contribution in [1.82, 2.24) is 0 Å². The zero-order chi connectivity index (χ0) is 14.1. The van der Waals surface area contributed by atoms with Crippen molar-refractivity contribution in [2.24, 2.45) is 11.1 Å². The number of hydrogen-bond donors (Lipinski definition) is 1. The van der Waals surface area contributed by atoms with Gasteiger partial charge in [-0.25, -0.2) is 0 Å². The number of amides is 1. The minimum atomic E-state index is -0.351. The Hall–Kier alpha value is -1.88. The molecule has 0 spiro atoms. The molecule has 2 unspecified atom stereocenters. The molecule has 20 heavy (non-hydrogen) atoms. The highest BCUT2D eigenvalue weighted by molar-refractivity contribution is 6.11. The van der Waals surface area contributed by atoms with E-state index in [4.69, 9.17) is 9.94 Å². The van der Waals surface area contributed by atoms with Crippen LogP contribution in [0.3, 0.4) is 0 Å². The number of ether oxygens (including phenoxy) is 1. The number of fused-ring (bicyclic) bond motifs is 1. The zero-order valence-electron chi connectivity index (χ0n) is 11.5. The van der Waals surface area contributed by atoms with Crippen LogP contribution in [0.4, 0.5) is 5.69 Å². The number of anilines is 1. The topological polar surface area (TPSA) is 62.1 Å². The molecular formula is C15H18N2O3. The third kappa shape index (κ3) is 2.08. The molecule has 0 saturated carbocycles. The molecule has 0 radical (unpaired) electrons.